The normalized spacial score (nSPS) is 11.3. The summed E-state index contributed by atoms with van der Waals surface area (Å²) in [5, 5.41) is 11.5. The number of nitrogens with one attached hydrogen (secondary N) is 1. The second-order valence-corrected chi connectivity index (χ2v) is 12.0. The van der Waals surface area contributed by atoms with Gasteiger partial charge in [0.25, 0.3) is 0 Å². The average Bonchev–Trinajstić information content (AvgIpc) is 3.04. The van der Waals surface area contributed by atoms with Gasteiger partial charge in [0.1, 0.15) is 18.1 Å². The lowest BCUT2D eigenvalue weighted by molar-refractivity contribution is 0.300. The number of nitriles is 1. The molecule has 1 N–H and O–H groups in total. The molecule has 0 fully saturated rings. The number of rotatable bonds is 13. The number of sulfonamides is 1. The Bertz CT molecular complexity index is 1920. The van der Waals surface area contributed by atoms with Crippen LogP contribution in [-0.2, 0) is 29.5 Å². The number of nitrogens with zero attached hydrogens (tertiary/aromatic N) is 1. The summed E-state index contributed by atoms with van der Waals surface area (Å²) in [4.78, 5) is -0.334. The number of hydrogen-bond donors (Lipinski definition) is 1. The van der Waals surface area contributed by atoms with Crippen molar-refractivity contribution in [3.8, 4) is 17.6 Å². The predicted molar refractivity (Wildman–Crippen MR) is 165 cm³/mol. The molecule has 0 saturated carbocycles. The van der Waals surface area contributed by atoms with Gasteiger partial charge in [0.05, 0.1) is 23.1 Å². The van der Waals surface area contributed by atoms with Gasteiger partial charge in [-0.05, 0) is 82.8 Å². The van der Waals surface area contributed by atoms with E-state index in [9.17, 15) is 17.2 Å². The van der Waals surface area contributed by atoms with E-state index >= 15 is 0 Å². The van der Waals surface area contributed by atoms with Gasteiger partial charge in [-0.3, -0.25) is 0 Å². The van der Waals surface area contributed by atoms with Crippen molar-refractivity contribution in [2.75, 3.05) is 13.2 Å². The third-order valence-corrected chi connectivity index (χ3v) is 8.54. The Morgan fingerprint density at radius 3 is 2.39 bits per heavy atom. The number of halogens is 2. The van der Waals surface area contributed by atoms with Crippen LogP contribution in [0.3, 0.4) is 0 Å². The summed E-state index contributed by atoms with van der Waals surface area (Å²) in [5.74, 6) is -1.08. The lowest BCUT2D eigenvalue weighted by Crippen LogP contribution is -2.25. The predicted octanol–water partition coefficient (Wildman–Crippen LogP) is 7.10. The van der Waals surface area contributed by atoms with Crippen LogP contribution in [0.2, 0.25) is 0 Å². The molecule has 5 aromatic carbocycles. The molecule has 0 aliphatic rings. The highest BCUT2D eigenvalue weighted by atomic mass is 32.2. The van der Waals surface area contributed by atoms with Crippen molar-refractivity contribution in [2.24, 2.45) is 0 Å². The maximum Gasteiger partial charge on any atom is 0.240 e. The lowest BCUT2D eigenvalue weighted by atomic mass is 10.0. The van der Waals surface area contributed by atoms with E-state index in [-0.39, 0.29) is 18.0 Å². The number of aryl methyl sites for hydroxylation is 1. The highest BCUT2D eigenvalue weighted by Crippen LogP contribution is 2.25. The topological polar surface area (TPSA) is 88.4 Å². The molecule has 0 spiro atoms. The van der Waals surface area contributed by atoms with Crippen LogP contribution in [0.5, 0.6) is 11.5 Å². The number of hydrogen-bond acceptors (Lipinski definition) is 5. The van der Waals surface area contributed by atoms with Gasteiger partial charge in [-0.1, -0.05) is 60.7 Å². The molecule has 224 valence electrons. The van der Waals surface area contributed by atoms with Crippen LogP contribution in [-0.4, -0.2) is 21.6 Å². The first-order chi connectivity index (χ1) is 21.3. The molecule has 0 unspecified atom stereocenters. The van der Waals surface area contributed by atoms with Crippen LogP contribution in [0.15, 0.2) is 108 Å². The highest BCUT2D eigenvalue weighted by Gasteiger charge is 2.16. The maximum absolute atomic E-state index is 13.6. The smallest absolute Gasteiger partial charge is 0.240 e. The molecule has 6 nitrogen and oxygen atoms in total. The summed E-state index contributed by atoms with van der Waals surface area (Å²) >= 11 is 0. The summed E-state index contributed by atoms with van der Waals surface area (Å²) in [7, 11) is -3.99. The quantitative estimate of drug-likeness (QED) is 0.143. The van der Waals surface area contributed by atoms with E-state index in [4.69, 9.17) is 14.7 Å². The molecule has 5 rings (SSSR count). The van der Waals surface area contributed by atoms with E-state index in [0.717, 1.165) is 34.2 Å². The molecule has 44 heavy (non-hydrogen) atoms. The molecule has 5 aromatic rings. The Hall–Kier alpha value is -4.78. The summed E-state index contributed by atoms with van der Waals surface area (Å²) in [6.45, 7) is 0.796. The van der Waals surface area contributed by atoms with Crippen molar-refractivity contribution in [3.05, 3.63) is 137 Å². The molecule has 9 heteroatoms. The number of fused-ring (bicyclic) bond motifs is 1. The van der Waals surface area contributed by atoms with Gasteiger partial charge in [0, 0.05) is 13.0 Å². The molecule has 0 heterocycles. The van der Waals surface area contributed by atoms with Crippen molar-refractivity contribution < 1.29 is 26.7 Å². The van der Waals surface area contributed by atoms with Gasteiger partial charge in [-0.2, -0.15) is 5.26 Å². The standard InChI is InChI=1S/C35H30F2N2O4S/c36-33-15-14-32(22-34(33)37)44(40,41)39-17-4-8-29-13-11-27(24-43-31-9-3-5-26(20-31)23-38)21-35(29)42-18-16-25-10-12-28-6-1-2-7-30(28)19-25/h1-3,5-7,9-15,19-22,39H,4,8,16-18,24H2. The summed E-state index contributed by atoms with van der Waals surface area (Å²) < 4.78 is 66.5. The zero-order valence-electron chi connectivity index (χ0n) is 23.8. The van der Waals surface area contributed by atoms with Crippen molar-refractivity contribution in [1.82, 2.24) is 4.72 Å². The fourth-order valence-corrected chi connectivity index (χ4v) is 5.82. The second kappa shape index (κ2) is 14.1. The van der Waals surface area contributed by atoms with Gasteiger partial charge in [0.15, 0.2) is 11.6 Å². The Morgan fingerprint density at radius 1 is 0.750 bits per heavy atom. The minimum absolute atomic E-state index is 0.0952. The van der Waals surface area contributed by atoms with E-state index in [1.54, 1.807) is 24.3 Å². The molecule has 0 radical (unpaired) electrons. The first-order valence-corrected chi connectivity index (χ1v) is 15.6. The second-order valence-electron chi connectivity index (χ2n) is 10.2. The Labute approximate surface area is 255 Å². The van der Waals surface area contributed by atoms with Crippen LogP contribution in [0.4, 0.5) is 8.78 Å². The summed E-state index contributed by atoms with van der Waals surface area (Å²) in [6.07, 6.45) is 1.65. The highest BCUT2D eigenvalue weighted by molar-refractivity contribution is 7.89. The summed E-state index contributed by atoms with van der Waals surface area (Å²) in [6, 6.07) is 31.8. The minimum atomic E-state index is -3.99. The Morgan fingerprint density at radius 2 is 1.57 bits per heavy atom. The zero-order valence-corrected chi connectivity index (χ0v) is 24.6. The van der Waals surface area contributed by atoms with E-state index < -0.39 is 21.7 Å². The largest absolute Gasteiger partial charge is 0.493 e. The summed E-state index contributed by atoms with van der Waals surface area (Å²) in [5.41, 5.74) is 3.42. The molecule has 0 aliphatic carbocycles. The van der Waals surface area contributed by atoms with E-state index in [1.165, 1.54) is 5.39 Å². The first kappa shape index (κ1) is 30.7. The van der Waals surface area contributed by atoms with Crippen LogP contribution in [0.25, 0.3) is 10.8 Å². The molecule has 0 aromatic heterocycles. The first-order valence-electron chi connectivity index (χ1n) is 14.1. The third kappa shape index (κ3) is 7.98. The fraction of sp³-hybridized carbons (Fsp3) is 0.171. The molecular formula is C35H30F2N2O4S. The maximum atomic E-state index is 13.6. The van der Waals surface area contributed by atoms with Gasteiger partial charge in [-0.15, -0.1) is 0 Å². The van der Waals surface area contributed by atoms with Crippen molar-refractivity contribution >= 4 is 20.8 Å². The Balaban J connectivity index is 1.25. The van der Waals surface area contributed by atoms with Crippen LogP contribution >= 0.6 is 0 Å². The zero-order chi connectivity index (χ0) is 30.9. The lowest BCUT2D eigenvalue weighted by Gasteiger charge is -2.15. The minimum Gasteiger partial charge on any atom is -0.493 e. The van der Waals surface area contributed by atoms with Gasteiger partial charge < -0.3 is 9.47 Å². The molecule has 0 atom stereocenters. The van der Waals surface area contributed by atoms with Crippen molar-refractivity contribution in [2.45, 2.75) is 30.8 Å². The van der Waals surface area contributed by atoms with Gasteiger partial charge in [-0.25, -0.2) is 21.9 Å². The van der Waals surface area contributed by atoms with Crippen molar-refractivity contribution in [1.29, 1.82) is 5.26 Å². The monoisotopic (exact) mass is 612 g/mol. The van der Waals surface area contributed by atoms with E-state index in [1.807, 2.05) is 30.3 Å². The number of benzene rings is 5. The third-order valence-electron chi connectivity index (χ3n) is 7.08. The van der Waals surface area contributed by atoms with Crippen molar-refractivity contribution in [3.63, 3.8) is 0 Å². The molecule has 0 bridgehead atoms. The van der Waals surface area contributed by atoms with E-state index in [2.05, 4.69) is 41.1 Å². The Kier molecular flexibility index (Phi) is 9.85. The molecule has 0 aliphatic heterocycles. The molecule has 0 saturated heterocycles. The van der Waals surface area contributed by atoms with Crippen LogP contribution < -0.4 is 14.2 Å². The van der Waals surface area contributed by atoms with Gasteiger partial charge >= 0.3 is 0 Å². The fourth-order valence-electron chi connectivity index (χ4n) is 4.74. The van der Waals surface area contributed by atoms with Crippen LogP contribution in [0, 0.1) is 23.0 Å². The average molecular weight is 613 g/mol. The molecular weight excluding hydrogens is 582 g/mol. The molecule has 0 amide bonds. The van der Waals surface area contributed by atoms with Crippen LogP contribution in [0.1, 0.15) is 28.7 Å². The number of ether oxygens (including phenoxy) is 2. The van der Waals surface area contributed by atoms with Gasteiger partial charge in [0.2, 0.25) is 10.0 Å². The SMILES string of the molecule is N#Cc1cccc(OCc2ccc(CCCNS(=O)(=O)c3ccc(F)c(F)c3)c(OCCc3ccc4ccccc4c3)c2)c1. The van der Waals surface area contributed by atoms with E-state index in [0.29, 0.717) is 49.0 Å².